The van der Waals surface area contributed by atoms with Gasteiger partial charge in [-0.2, -0.15) is 0 Å². The van der Waals surface area contributed by atoms with E-state index in [0.29, 0.717) is 30.3 Å². The van der Waals surface area contributed by atoms with Crippen molar-refractivity contribution >= 4 is 33.4 Å². The monoisotopic (exact) mass is 346 g/mol. The molecule has 0 aliphatic carbocycles. The van der Waals surface area contributed by atoms with Gasteiger partial charge in [-0.25, -0.2) is 0 Å². The van der Waals surface area contributed by atoms with Crippen LogP contribution in [-0.2, 0) is 4.74 Å². The van der Waals surface area contributed by atoms with E-state index in [-0.39, 0.29) is 18.1 Å². The van der Waals surface area contributed by atoms with Crippen LogP contribution in [0.1, 0.15) is 17.3 Å². The van der Waals surface area contributed by atoms with E-state index in [1.807, 2.05) is 13.0 Å². The summed E-state index contributed by atoms with van der Waals surface area (Å²) >= 11 is 9.43. The lowest BCUT2D eigenvalue weighted by Gasteiger charge is -2.34. The maximum absolute atomic E-state index is 12.4. The van der Waals surface area contributed by atoms with Crippen LogP contribution in [0.25, 0.3) is 0 Å². The molecule has 0 aromatic heterocycles. The van der Waals surface area contributed by atoms with Gasteiger partial charge in [0.15, 0.2) is 0 Å². The van der Waals surface area contributed by atoms with Crippen LogP contribution in [0, 0.1) is 0 Å². The minimum absolute atomic E-state index is 0.0774. The van der Waals surface area contributed by atoms with Crippen LogP contribution >= 0.6 is 27.5 Å². The Labute approximate surface area is 126 Å². The highest BCUT2D eigenvalue weighted by atomic mass is 79.9. The minimum Gasteiger partial charge on any atom is -0.373 e. The fourth-order valence-electron chi connectivity index (χ4n) is 2.01. The molecule has 2 unspecified atom stereocenters. The molecule has 1 aromatic rings. The van der Waals surface area contributed by atoms with Gasteiger partial charge in [0.2, 0.25) is 0 Å². The highest BCUT2D eigenvalue weighted by Crippen LogP contribution is 2.23. The van der Waals surface area contributed by atoms with Crippen molar-refractivity contribution in [2.45, 2.75) is 19.1 Å². The molecular formula is C13H16BrClN2O2. The van der Waals surface area contributed by atoms with E-state index in [4.69, 9.17) is 22.1 Å². The molecule has 2 N–H and O–H groups in total. The summed E-state index contributed by atoms with van der Waals surface area (Å²) in [4.78, 5) is 14.2. The molecule has 1 aliphatic rings. The number of morpholine rings is 1. The number of carbonyl (C=O) groups excluding carboxylic acids is 1. The van der Waals surface area contributed by atoms with E-state index in [1.165, 1.54) is 0 Å². The van der Waals surface area contributed by atoms with Crippen molar-refractivity contribution in [3.8, 4) is 0 Å². The number of hydrogen-bond donors (Lipinski definition) is 1. The number of hydrogen-bond acceptors (Lipinski definition) is 3. The van der Waals surface area contributed by atoms with Gasteiger partial charge in [0.1, 0.15) is 0 Å². The van der Waals surface area contributed by atoms with Gasteiger partial charge in [0, 0.05) is 23.6 Å². The Morgan fingerprint density at radius 1 is 1.63 bits per heavy atom. The first-order valence-electron chi connectivity index (χ1n) is 6.10. The number of carbonyl (C=O) groups is 1. The molecule has 0 radical (unpaired) electrons. The van der Waals surface area contributed by atoms with E-state index in [9.17, 15) is 4.79 Å². The lowest BCUT2D eigenvalue weighted by atomic mass is 10.1. The van der Waals surface area contributed by atoms with Crippen molar-refractivity contribution in [2.75, 3.05) is 19.7 Å². The van der Waals surface area contributed by atoms with Gasteiger partial charge in [-0.1, -0.05) is 27.5 Å². The maximum atomic E-state index is 12.4. The fourth-order valence-corrected chi connectivity index (χ4v) is 2.77. The molecule has 0 bridgehead atoms. The van der Waals surface area contributed by atoms with Crippen LogP contribution in [0.3, 0.4) is 0 Å². The topological polar surface area (TPSA) is 55.6 Å². The Hall–Kier alpha value is -0.620. The Bertz CT molecular complexity index is 482. The maximum Gasteiger partial charge on any atom is 0.255 e. The SMILES string of the molecule is CC(N)C1CN(C(=O)c2ccc(Br)cc2Cl)CCO1. The number of amides is 1. The number of ether oxygens (including phenoxy) is 1. The van der Waals surface area contributed by atoms with Crippen molar-refractivity contribution in [2.24, 2.45) is 5.73 Å². The van der Waals surface area contributed by atoms with E-state index >= 15 is 0 Å². The number of nitrogens with two attached hydrogens (primary N) is 1. The van der Waals surface area contributed by atoms with Gasteiger partial charge < -0.3 is 15.4 Å². The number of nitrogens with zero attached hydrogens (tertiary/aromatic N) is 1. The molecule has 1 aromatic carbocycles. The first-order valence-corrected chi connectivity index (χ1v) is 7.27. The molecular weight excluding hydrogens is 332 g/mol. The third-order valence-corrected chi connectivity index (χ3v) is 3.93. The zero-order valence-electron chi connectivity index (χ0n) is 10.6. The van der Waals surface area contributed by atoms with Gasteiger partial charge in [-0.3, -0.25) is 4.79 Å². The molecule has 104 valence electrons. The van der Waals surface area contributed by atoms with Gasteiger partial charge in [0.25, 0.3) is 5.91 Å². The van der Waals surface area contributed by atoms with Crippen LogP contribution in [0.2, 0.25) is 5.02 Å². The van der Waals surface area contributed by atoms with E-state index in [2.05, 4.69) is 15.9 Å². The van der Waals surface area contributed by atoms with E-state index in [0.717, 1.165) is 4.47 Å². The van der Waals surface area contributed by atoms with Crippen LogP contribution in [0.4, 0.5) is 0 Å². The summed E-state index contributed by atoms with van der Waals surface area (Å²) in [6.07, 6.45) is -0.119. The van der Waals surface area contributed by atoms with Gasteiger partial charge >= 0.3 is 0 Å². The predicted octanol–water partition coefficient (Wildman–Crippen LogP) is 2.29. The van der Waals surface area contributed by atoms with Crippen LogP contribution in [0.15, 0.2) is 22.7 Å². The first kappa shape index (κ1) is 14.8. The molecule has 19 heavy (non-hydrogen) atoms. The molecule has 1 aliphatic heterocycles. The Kier molecular flexibility index (Phi) is 4.84. The zero-order valence-corrected chi connectivity index (χ0v) is 12.9. The normalized spacial score (nSPS) is 21.3. The van der Waals surface area contributed by atoms with Gasteiger partial charge in [-0.05, 0) is 25.1 Å². The standard InChI is InChI=1S/C13H16BrClN2O2/c1-8(16)12-7-17(4-5-19-12)13(18)10-3-2-9(14)6-11(10)15/h2-3,6,8,12H,4-5,7,16H2,1H3. The zero-order chi connectivity index (χ0) is 14.0. The summed E-state index contributed by atoms with van der Waals surface area (Å²) in [5.74, 6) is -0.0774. The average molecular weight is 348 g/mol. The van der Waals surface area contributed by atoms with Crippen molar-refractivity contribution in [3.05, 3.63) is 33.3 Å². The predicted molar refractivity (Wildman–Crippen MR) is 78.4 cm³/mol. The van der Waals surface area contributed by atoms with Crippen molar-refractivity contribution < 1.29 is 9.53 Å². The Morgan fingerprint density at radius 2 is 2.37 bits per heavy atom. The largest absolute Gasteiger partial charge is 0.373 e. The summed E-state index contributed by atoms with van der Waals surface area (Å²) in [5.41, 5.74) is 6.33. The van der Waals surface area contributed by atoms with Crippen molar-refractivity contribution in [1.82, 2.24) is 4.90 Å². The van der Waals surface area contributed by atoms with Gasteiger partial charge in [0.05, 0.1) is 23.3 Å². The highest BCUT2D eigenvalue weighted by molar-refractivity contribution is 9.10. The summed E-state index contributed by atoms with van der Waals surface area (Å²) in [5, 5.41) is 0.447. The molecule has 0 saturated carbocycles. The summed E-state index contributed by atoms with van der Waals surface area (Å²) in [7, 11) is 0. The van der Waals surface area contributed by atoms with E-state index < -0.39 is 0 Å². The highest BCUT2D eigenvalue weighted by Gasteiger charge is 2.28. The second-order valence-corrected chi connectivity index (χ2v) is 5.97. The molecule has 0 spiro atoms. The number of rotatable bonds is 2. The Balaban J connectivity index is 2.15. The van der Waals surface area contributed by atoms with Crippen LogP contribution in [-0.4, -0.2) is 42.6 Å². The molecule has 2 rings (SSSR count). The van der Waals surface area contributed by atoms with Crippen LogP contribution in [0.5, 0.6) is 0 Å². The quantitative estimate of drug-likeness (QED) is 0.893. The lowest BCUT2D eigenvalue weighted by molar-refractivity contribution is -0.0300. The van der Waals surface area contributed by atoms with Crippen molar-refractivity contribution in [1.29, 1.82) is 0 Å². The smallest absolute Gasteiger partial charge is 0.255 e. The average Bonchev–Trinajstić information content (AvgIpc) is 2.38. The lowest BCUT2D eigenvalue weighted by Crippen LogP contribution is -2.51. The molecule has 6 heteroatoms. The molecule has 1 fully saturated rings. The summed E-state index contributed by atoms with van der Waals surface area (Å²) in [6, 6.07) is 5.15. The second kappa shape index (κ2) is 6.22. The first-order chi connectivity index (χ1) is 8.99. The van der Waals surface area contributed by atoms with Gasteiger partial charge in [-0.15, -0.1) is 0 Å². The van der Waals surface area contributed by atoms with E-state index in [1.54, 1.807) is 17.0 Å². The summed E-state index contributed by atoms with van der Waals surface area (Å²) in [6.45, 7) is 3.45. The molecule has 2 atom stereocenters. The number of benzene rings is 1. The van der Waals surface area contributed by atoms with Crippen LogP contribution < -0.4 is 5.73 Å². The third kappa shape index (κ3) is 3.48. The molecule has 4 nitrogen and oxygen atoms in total. The molecule has 1 amide bonds. The fraction of sp³-hybridized carbons (Fsp3) is 0.462. The number of halogens is 2. The minimum atomic E-state index is -0.119. The Morgan fingerprint density at radius 3 is 3.00 bits per heavy atom. The molecule has 1 saturated heterocycles. The second-order valence-electron chi connectivity index (χ2n) is 4.64. The summed E-state index contributed by atoms with van der Waals surface area (Å²) < 4.78 is 6.40. The van der Waals surface area contributed by atoms with Crippen molar-refractivity contribution in [3.63, 3.8) is 0 Å². The molecule has 1 heterocycles. The third-order valence-electron chi connectivity index (χ3n) is 3.13.